The van der Waals surface area contributed by atoms with Crippen molar-refractivity contribution in [1.29, 1.82) is 0 Å². The summed E-state index contributed by atoms with van der Waals surface area (Å²) in [6.45, 7) is 2.37. The topological polar surface area (TPSA) is 12.0 Å². The van der Waals surface area contributed by atoms with Crippen LogP contribution in [0, 0.1) is 11.3 Å². The molecule has 3 fully saturated rings. The lowest BCUT2D eigenvalue weighted by Gasteiger charge is -2.53. The summed E-state index contributed by atoms with van der Waals surface area (Å²) < 4.78 is 0. The normalized spacial score (nSPS) is 33.4. The molecule has 0 bridgehead atoms. The van der Waals surface area contributed by atoms with Crippen molar-refractivity contribution in [3.63, 3.8) is 0 Å². The fourth-order valence-corrected chi connectivity index (χ4v) is 4.20. The Morgan fingerprint density at radius 1 is 1.06 bits per heavy atom. The van der Waals surface area contributed by atoms with Gasteiger partial charge in [-0.25, -0.2) is 0 Å². The monoisotopic (exact) mass is 235 g/mol. The van der Waals surface area contributed by atoms with E-state index < -0.39 is 0 Å². The maximum atomic E-state index is 4.04. The van der Waals surface area contributed by atoms with Crippen LogP contribution in [-0.4, -0.2) is 12.1 Å². The third kappa shape index (κ3) is 2.54. The standard InChI is InChI=1S/C16H29N/c1-2-14(12-13-6-7-13)17-15-8-11-16(15)9-4-3-5-10-16/h13-15,17H,2-12H2,1H3. The van der Waals surface area contributed by atoms with E-state index in [4.69, 9.17) is 0 Å². The van der Waals surface area contributed by atoms with Crippen LogP contribution in [0.4, 0.5) is 0 Å². The molecule has 2 atom stereocenters. The Kier molecular flexibility index (Phi) is 3.47. The van der Waals surface area contributed by atoms with E-state index in [1.165, 1.54) is 70.6 Å². The van der Waals surface area contributed by atoms with Gasteiger partial charge < -0.3 is 5.32 Å². The highest BCUT2D eigenvalue weighted by Crippen LogP contribution is 2.52. The molecule has 2 unspecified atom stereocenters. The Balaban J connectivity index is 1.52. The summed E-state index contributed by atoms with van der Waals surface area (Å²) in [5, 5.41) is 4.04. The molecule has 1 nitrogen and oxygen atoms in total. The average molecular weight is 235 g/mol. The number of hydrogen-bond acceptors (Lipinski definition) is 1. The lowest BCUT2D eigenvalue weighted by molar-refractivity contribution is 0.0151. The van der Waals surface area contributed by atoms with E-state index in [0.717, 1.165) is 23.4 Å². The Morgan fingerprint density at radius 3 is 2.35 bits per heavy atom. The van der Waals surface area contributed by atoms with Crippen molar-refractivity contribution in [3.8, 4) is 0 Å². The van der Waals surface area contributed by atoms with Crippen LogP contribution in [0.5, 0.6) is 0 Å². The molecule has 0 aromatic rings. The fourth-order valence-electron chi connectivity index (χ4n) is 4.20. The fraction of sp³-hybridized carbons (Fsp3) is 1.00. The van der Waals surface area contributed by atoms with Gasteiger partial charge in [0.2, 0.25) is 0 Å². The maximum Gasteiger partial charge on any atom is 0.0126 e. The molecule has 98 valence electrons. The van der Waals surface area contributed by atoms with Gasteiger partial charge in [0, 0.05) is 12.1 Å². The summed E-state index contributed by atoms with van der Waals surface area (Å²) >= 11 is 0. The van der Waals surface area contributed by atoms with Crippen LogP contribution in [0.2, 0.25) is 0 Å². The van der Waals surface area contributed by atoms with E-state index >= 15 is 0 Å². The molecule has 17 heavy (non-hydrogen) atoms. The molecule has 0 aromatic heterocycles. The molecule has 3 saturated carbocycles. The summed E-state index contributed by atoms with van der Waals surface area (Å²) in [6.07, 6.45) is 16.3. The zero-order valence-electron chi connectivity index (χ0n) is 11.5. The van der Waals surface area contributed by atoms with Crippen LogP contribution < -0.4 is 5.32 Å². The lowest BCUT2D eigenvalue weighted by Crippen LogP contribution is -2.56. The molecule has 0 radical (unpaired) electrons. The quantitative estimate of drug-likeness (QED) is 0.750. The van der Waals surface area contributed by atoms with Crippen LogP contribution in [0.25, 0.3) is 0 Å². The second-order valence-electron chi connectivity index (χ2n) is 6.97. The van der Waals surface area contributed by atoms with Crippen LogP contribution in [0.15, 0.2) is 0 Å². The first-order chi connectivity index (χ1) is 8.32. The number of rotatable bonds is 5. The second-order valence-corrected chi connectivity index (χ2v) is 6.97. The van der Waals surface area contributed by atoms with Gasteiger partial charge in [0.1, 0.15) is 0 Å². The molecule has 0 amide bonds. The molecule has 1 N–H and O–H groups in total. The smallest absolute Gasteiger partial charge is 0.0126 e. The highest BCUT2D eigenvalue weighted by atomic mass is 15.0. The largest absolute Gasteiger partial charge is 0.311 e. The van der Waals surface area contributed by atoms with Crippen molar-refractivity contribution in [2.75, 3.05) is 0 Å². The first kappa shape index (κ1) is 12.0. The van der Waals surface area contributed by atoms with Crippen LogP contribution in [0.3, 0.4) is 0 Å². The second kappa shape index (κ2) is 4.91. The first-order valence-electron chi connectivity index (χ1n) is 8.08. The van der Waals surface area contributed by atoms with Crippen molar-refractivity contribution in [2.45, 2.75) is 89.6 Å². The molecule has 0 saturated heterocycles. The molecule has 3 rings (SSSR count). The maximum absolute atomic E-state index is 4.04. The van der Waals surface area contributed by atoms with E-state index in [1.807, 2.05) is 0 Å². The number of hydrogen-bond donors (Lipinski definition) is 1. The van der Waals surface area contributed by atoms with Crippen molar-refractivity contribution in [1.82, 2.24) is 5.32 Å². The van der Waals surface area contributed by atoms with E-state index in [1.54, 1.807) is 0 Å². The van der Waals surface area contributed by atoms with E-state index in [0.29, 0.717) is 0 Å². The van der Waals surface area contributed by atoms with Gasteiger partial charge in [-0.2, -0.15) is 0 Å². The number of nitrogens with one attached hydrogen (secondary N) is 1. The van der Waals surface area contributed by atoms with Crippen molar-refractivity contribution < 1.29 is 0 Å². The van der Waals surface area contributed by atoms with Crippen molar-refractivity contribution in [2.24, 2.45) is 11.3 Å². The Labute approximate surface area is 107 Å². The van der Waals surface area contributed by atoms with Crippen LogP contribution in [0.1, 0.15) is 77.6 Å². The Morgan fingerprint density at radius 2 is 1.82 bits per heavy atom. The molecule has 1 heteroatoms. The van der Waals surface area contributed by atoms with Crippen LogP contribution in [-0.2, 0) is 0 Å². The molecular formula is C16H29N. The minimum Gasteiger partial charge on any atom is -0.311 e. The van der Waals surface area contributed by atoms with E-state index in [-0.39, 0.29) is 0 Å². The minimum absolute atomic E-state index is 0.745. The average Bonchev–Trinajstić information content (AvgIpc) is 3.18. The molecular weight excluding hydrogens is 206 g/mol. The van der Waals surface area contributed by atoms with Crippen molar-refractivity contribution in [3.05, 3.63) is 0 Å². The first-order valence-corrected chi connectivity index (χ1v) is 8.08. The van der Waals surface area contributed by atoms with Gasteiger partial charge in [0.25, 0.3) is 0 Å². The molecule has 3 aliphatic carbocycles. The molecule has 0 heterocycles. The summed E-state index contributed by atoms with van der Waals surface area (Å²) in [4.78, 5) is 0. The predicted molar refractivity (Wildman–Crippen MR) is 73.1 cm³/mol. The minimum atomic E-state index is 0.745. The molecule has 0 aliphatic heterocycles. The Hall–Kier alpha value is -0.0400. The summed E-state index contributed by atoms with van der Waals surface area (Å²) in [5.41, 5.74) is 0.745. The SMILES string of the molecule is CCC(CC1CC1)NC1CCC12CCCCC2. The van der Waals surface area contributed by atoms with Gasteiger partial charge in [-0.05, 0) is 49.9 Å². The van der Waals surface area contributed by atoms with Gasteiger partial charge in [-0.3, -0.25) is 0 Å². The van der Waals surface area contributed by atoms with Gasteiger partial charge >= 0.3 is 0 Å². The summed E-state index contributed by atoms with van der Waals surface area (Å²) in [5.74, 6) is 1.08. The van der Waals surface area contributed by atoms with Crippen LogP contribution >= 0.6 is 0 Å². The van der Waals surface area contributed by atoms with E-state index in [2.05, 4.69) is 12.2 Å². The van der Waals surface area contributed by atoms with E-state index in [9.17, 15) is 0 Å². The lowest BCUT2D eigenvalue weighted by atomic mass is 9.57. The van der Waals surface area contributed by atoms with Gasteiger partial charge in [-0.1, -0.05) is 39.0 Å². The zero-order chi connectivity index (χ0) is 11.7. The third-order valence-electron chi connectivity index (χ3n) is 5.76. The predicted octanol–water partition coefficient (Wildman–Crippen LogP) is 4.27. The highest BCUT2D eigenvalue weighted by Gasteiger charge is 2.47. The summed E-state index contributed by atoms with van der Waals surface area (Å²) in [7, 11) is 0. The molecule has 1 spiro atoms. The highest BCUT2D eigenvalue weighted by molar-refractivity contribution is 5.02. The van der Waals surface area contributed by atoms with Crippen molar-refractivity contribution >= 4 is 0 Å². The Bertz CT molecular complexity index is 250. The zero-order valence-corrected chi connectivity index (χ0v) is 11.5. The third-order valence-corrected chi connectivity index (χ3v) is 5.76. The molecule has 0 aromatic carbocycles. The molecule has 3 aliphatic rings. The summed E-state index contributed by atoms with van der Waals surface area (Å²) in [6, 6.07) is 1.71. The van der Waals surface area contributed by atoms with Gasteiger partial charge in [0.05, 0.1) is 0 Å². The van der Waals surface area contributed by atoms with Gasteiger partial charge in [0.15, 0.2) is 0 Å². The van der Waals surface area contributed by atoms with Gasteiger partial charge in [-0.15, -0.1) is 0 Å².